The van der Waals surface area contributed by atoms with Crippen molar-refractivity contribution in [1.82, 2.24) is 26.1 Å². The molecule has 8 N–H and O–H groups in total. The normalized spacial score (nSPS) is 13.4. The lowest BCUT2D eigenvalue weighted by Gasteiger charge is -2.28. The molecule has 0 saturated carbocycles. The number of fused-ring (bicyclic) bond motifs is 10. The minimum absolute atomic E-state index is 0.00220. The van der Waals surface area contributed by atoms with Gasteiger partial charge in [0.15, 0.2) is 0 Å². The number of anilines is 16. The first-order chi connectivity index (χ1) is 70.4. The predicted octanol–water partition coefficient (Wildman–Crippen LogP) is 24.1. The van der Waals surface area contributed by atoms with Crippen LogP contribution >= 0.6 is 0 Å². The molecule has 0 atom stereocenters. The number of carbonyl (C=O) groups excluding carboxylic acids is 9. The van der Waals surface area contributed by atoms with Crippen molar-refractivity contribution in [3.05, 3.63) is 274 Å². The quantitative estimate of drug-likeness (QED) is 0.0351. The zero-order chi connectivity index (χ0) is 108. The molecule has 0 unspecified atom stereocenters. The summed E-state index contributed by atoms with van der Waals surface area (Å²) in [5.41, 5.74) is 20.3. The molecule has 30 nitrogen and oxygen atoms in total. The second-order valence-electron chi connectivity index (χ2n) is 43.6. The Hall–Kier alpha value is -14.4. The molecule has 1 aromatic heterocycles. The van der Waals surface area contributed by atoms with Gasteiger partial charge in [-0.25, -0.2) is 14.4 Å². The van der Waals surface area contributed by atoms with Crippen LogP contribution in [0.5, 0.6) is 0 Å². The van der Waals surface area contributed by atoms with E-state index in [2.05, 4.69) is 83.1 Å². The molecule has 12 amide bonds. The van der Waals surface area contributed by atoms with Crippen LogP contribution in [0.2, 0.25) is 0 Å². The summed E-state index contributed by atoms with van der Waals surface area (Å²) in [6, 6.07) is 68.3. The van der Waals surface area contributed by atoms with Crippen LogP contribution in [-0.2, 0) is 117 Å². The molecule has 16 rings (SSSR count). The van der Waals surface area contributed by atoms with Crippen molar-refractivity contribution in [3.8, 4) is 0 Å². The number of carbonyl (C=O) groups is 9. The van der Waals surface area contributed by atoms with Crippen LogP contribution in [0.3, 0.4) is 0 Å². The molecular weight excluding hydrogens is 1880 g/mol. The Balaban J connectivity index is 0.000000165. The van der Waals surface area contributed by atoms with Crippen LogP contribution in [0.1, 0.15) is 227 Å². The smallest absolute Gasteiger partial charge is 0.320 e. The highest BCUT2D eigenvalue weighted by Gasteiger charge is 2.36. The monoisotopic (exact) mass is 2030 g/mol. The molecule has 0 fully saturated rings. The number of para-hydroxylation sites is 5. The van der Waals surface area contributed by atoms with Crippen LogP contribution in [0, 0.1) is 6.92 Å². The molecule has 0 saturated heterocycles. The fraction of sp³-hybridized carbons (Fsp3) is 0.403. The molecule has 30 heteroatoms. The summed E-state index contributed by atoms with van der Waals surface area (Å²) in [6.07, 6.45) is 9.62. The largest absolute Gasteiger partial charge is 0.408 e. The lowest BCUT2D eigenvalue weighted by Crippen LogP contribution is -2.43. The fourth-order valence-electron chi connectivity index (χ4n) is 17.2. The fourth-order valence-corrected chi connectivity index (χ4v) is 17.2. The summed E-state index contributed by atoms with van der Waals surface area (Å²) < 4.78 is 34.4. The van der Waals surface area contributed by atoms with E-state index in [1.807, 2.05) is 334 Å². The van der Waals surface area contributed by atoms with Gasteiger partial charge in [0.1, 0.15) is 33.0 Å². The molecule has 5 aliphatic rings. The van der Waals surface area contributed by atoms with Crippen molar-refractivity contribution in [2.24, 2.45) is 0 Å². The van der Waals surface area contributed by atoms with Gasteiger partial charge >= 0.3 is 24.1 Å². The Morgan fingerprint density at radius 3 is 0.812 bits per heavy atom. The number of rotatable bonds is 20. The zero-order valence-corrected chi connectivity index (χ0v) is 90.8. The molecule has 149 heavy (non-hydrogen) atoms. The number of urea groups is 3. The van der Waals surface area contributed by atoms with Crippen LogP contribution < -0.4 is 67.0 Å². The van der Waals surface area contributed by atoms with E-state index in [1.165, 1.54) is 0 Å². The molecule has 0 spiro atoms. The third kappa shape index (κ3) is 33.0. The number of aryl methyl sites for hydroxylation is 11. The number of hydrogen-bond donors (Lipinski definition) is 8. The molecule has 10 aromatic carbocycles. The maximum atomic E-state index is 13.3. The van der Waals surface area contributed by atoms with Gasteiger partial charge in [-0.1, -0.05) is 133 Å². The summed E-state index contributed by atoms with van der Waals surface area (Å²) in [7, 11) is 0. The molecule has 6 heterocycles. The van der Waals surface area contributed by atoms with E-state index in [0.717, 1.165) is 189 Å². The maximum Gasteiger partial charge on any atom is 0.320 e. The minimum atomic E-state index is -0.418. The average molecular weight is 2030 g/mol. The lowest BCUT2D eigenvalue weighted by atomic mass is 10.0. The van der Waals surface area contributed by atoms with E-state index in [9.17, 15) is 43.2 Å². The highest BCUT2D eigenvalue weighted by Crippen LogP contribution is 2.45. The highest BCUT2D eigenvalue weighted by atomic mass is 16.5. The van der Waals surface area contributed by atoms with Gasteiger partial charge in [0.25, 0.3) is 29.5 Å². The van der Waals surface area contributed by atoms with E-state index >= 15 is 0 Å². The van der Waals surface area contributed by atoms with E-state index in [4.69, 9.17) is 28.1 Å². The molecule has 790 valence electrons. The van der Waals surface area contributed by atoms with E-state index in [0.29, 0.717) is 47.6 Å². The number of aromatic nitrogens is 2. The standard InChI is InChI=1S/C25H33N3O3.C24H31N3O3.C24H30N2O3.C23H26N4O3.C23H29N3O3/c1-24(2,3)27-23(30)26-19-14-13-18-12-11-17-9-7-8-10-20(17)28(21(18)15-19)22(29)16-31-25(4,5)6;1-16(2)25-23(29)26-19-13-12-18-11-10-17-8-6-7-9-20(17)27(21(18)14-19)22(28)15-30-24(3,4)5;1-5-8-22(27)25-19-14-13-18-12-11-17-9-6-7-10-20(17)26(21(18)15-19)23(28)16-29-24(2,3)4;1-15-25-26-22(30-15)24-18-12-11-17-10-9-16-7-5-6-8-19(16)27(20(17)13-18)21(28)14-29-23(2,3)4;1-5-24-22(28)25-18-13-12-17-11-10-16-8-6-7-9-19(16)26(20(17)14-18)21(27)15-29-23(2,3)4/h7-10,13-15H,11-12,16H2,1-6H3,(H2,26,27,30);6-9,12-14,16H,10-11,15H2,1-5H3,(H2,25,26,29);6-7,9-10,13-15H,5,8,11-12,16H2,1-4H3,(H,25,27);5-8,11-13H,9-10,14H2,1-4H3,(H,24,26);6-9,12-14H,5,10-11,15H2,1-4H3,(H2,24,25,28). The lowest BCUT2D eigenvalue weighted by molar-refractivity contribution is -0.127. The molecule has 0 radical (unpaired) electrons. The van der Waals surface area contributed by atoms with Crippen LogP contribution in [0.4, 0.5) is 106 Å². The summed E-state index contributed by atoms with van der Waals surface area (Å²) in [4.78, 5) is 124. The van der Waals surface area contributed by atoms with Gasteiger partial charge in [0.05, 0.1) is 84.9 Å². The van der Waals surface area contributed by atoms with Gasteiger partial charge in [0.2, 0.25) is 11.8 Å². The Labute approximate surface area is 877 Å². The Bertz CT molecular complexity index is 6440. The van der Waals surface area contributed by atoms with Crippen molar-refractivity contribution in [2.75, 3.05) is 90.7 Å². The number of amides is 12. The van der Waals surface area contributed by atoms with Crippen LogP contribution in [0.25, 0.3) is 0 Å². The van der Waals surface area contributed by atoms with Crippen LogP contribution in [0.15, 0.2) is 217 Å². The SMILES string of the molecule is CC(C)(C)NC(=O)Nc1ccc2c(c1)N(C(=O)COC(C)(C)C)c1ccccc1CC2.CC(C)NC(=O)Nc1ccc2c(c1)N(C(=O)COC(C)(C)C)c1ccccc1CC2.CCCC(=O)Nc1ccc2c(c1)N(C(=O)COC(C)(C)C)c1ccccc1CC2.CCNC(=O)Nc1ccc2c(c1)N(C(=O)COC(C)(C)C)c1ccccc1CC2.Cc1nnc(Nc2ccc3c(c2)N(C(=O)COC(C)(C)C)c2ccccc2CC3)o1. The van der Waals surface area contributed by atoms with E-state index in [1.54, 1.807) is 31.4 Å². The third-order valence-corrected chi connectivity index (χ3v) is 24.1. The average Bonchev–Trinajstić information content (AvgIpc) is 1.69. The minimum Gasteiger partial charge on any atom is -0.408 e. The third-order valence-electron chi connectivity index (χ3n) is 24.1. The van der Waals surface area contributed by atoms with E-state index < -0.39 is 28.0 Å². The van der Waals surface area contributed by atoms with Crippen molar-refractivity contribution in [1.29, 1.82) is 0 Å². The number of hydrogen-bond acceptors (Lipinski definition) is 18. The zero-order valence-electron chi connectivity index (χ0n) is 90.8. The number of ether oxygens (including phenoxy) is 5. The Kier molecular flexibility index (Phi) is 38.1. The molecule has 0 bridgehead atoms. The van der Waals surface area contributed by atoms with Gasteiger partial charge in [0, 0.05) is 59.9 Å². The maximum absolute atomic E-state index is 13.3. The molecule has 5 aliphatic heterocycles. The number of nitrogens with zero attached hydrogens (tertiary/aromatic N) is 7. The molecule has 11 aromatic rings. The summed E-state index contributed by atoms with van der Waals surface area (Å²) >= 11 is 0. The van der Waals surface area contributed by atoms with Gasteiger partial charge in [-0.2, -0.15) is 0 Å². The van der Waals surface area contributed by atoms with Gasteiger partial charge in [-0.05, 0) is 363 Å². The van der Waals surface area contributed by atoms with Gasteiger partial charge in [-0.15, -0.1) is 5.10 Å². The van der Waals surface area contributed by atoms with Gasteiger partial charge < -0.3 is 70.6 Å². The second kappa shape index (κ2) is 50.0. The van der Waals surface area contributed by atoms with Gasteiger partial charge in [-0.3, -0.25) is 53.3 Å². The van der Waals surface area contributed by atoms with Crippen molar-refractivity contribution < 1.29 is 71.3 Å². The topological polar surface area (TPSA) is 351 Å². The second-order valence-corrected chi connectivity index (χ2v) is 43.6. The molecular formula is C119H149N15O15. The van der Waals surface area contributed by atoms with Crippen molar-refractivity contribution >= 4 is 145 Å². The summed E-state index contributed by atoms with van der Waals surface area (Å²) in [5, 5.41) is 30.9. The first kappa shape index (κ1) is 113. The van der Waals surface area contributed by atoms with Crippen molar-refractivity contribution in [3.63, 3.8) is 0 Å². The first-order valence-electron chi connectivity index (χ1n) is 51.4. The molecule has 0 aliphatic carbocycles. The number of nitrogens with one attached hydrogen (secondary N) is 8. The Morgan fingerprint density at radius 1 is 0.315 bits per heavy atom. The summed E-state index contributed by atoms with van der Waals surface area (Å²) in [6.45, 7) is 44.6. The summed E-state index contributed by atoms with van der Waals surface area (Å²) in [5.74, 6) is -0.164. The Morgan fingerprint density at radius 2 is 0.564 bits per heavy atom. The van der Waals surface area contributed by atoms with Crippen LogP contribution in [-0.4, -0.2) is 143 Å². The highest BCUT2D eigenvalue weighted by molar-refractivity contribution is 6.09. The van der Waals surface area contributed by atoms with E-state index in [-0.39, 0.29) is 98.2 Å². The number of benzene rings is 10. The van der Waals surface area contributed by atoms with Crippen molar-refractivity contribution in [2.45, 2.75) is 276 Å². The first-order valence-corrected chi connectivity index (χ1v) is 51.4. The predicted molar refractivity (Wildman–Crippen MR) is 593 cm³/mol.